The van der Waals surface area contributed by atoms with Crippen molar-refractivity contribution in [3.8, 4) is 0 Å². The second-order valence-corrected chi connectivity index (χ2v) is 4.90. The molecule has 0 fully saturated rings. The number of benzene rings is 1. The van der Waals surface area contributed by atoms with E-state index >= 15 is 0 Å². The Morgan fingerprint density at radius 3 is 2.71 bits per heavy atom. The van der Waals surface area contributed by atoms with Crippen LogP contribution in [0, 0.1) is 0 Å². The lowest BCUT2D eigenvalue weighted by molar-refractivity contribution is 0.0698. The van der Waals surface area contributed by atoms with Crippen LogP contribution in [0.4, 0.5) is 11.4 Å². The van der Waals surface area contributed by atoms with Gasteiger partial charge in [0, 0.05) is 30.2 Å². The molecule has 3 N–H and O–H groups in total. The lowest BCUT2D eigenvalue weighted by atomic mass is 10.1. The van der Waals surface area contributed by atoms with E-state index in [4.69, 9.17) is 10.8 Å². The number of aromatic carboxylic acids is 1. The maximum absolute atomic E-state index is 10.8. The molecule has 1 unspecified atom stereocenters. The number of nitrogen functional groups attached to an aromatic ring is 1. The second-order valence-electron chi connectivity index (χ2n) is 3.99. The van der Waals surface area contributed by atoms with E-state index in [0.29, 0.717) is 11.7 Å². The maximum atomic E-state index is 10.8. The molecule has 0 spiro atoms. The molecule has 0 radical (unpaired) electrons. The number of carboxylic acids is 1. The standard InChI is InChI=1S/C12H18N2O2S/c1-8(7-17-3)14(2)9-4-5-10(12(15)16)11(13)6-9/h4-6,8H,7,13H2,1-3H3,(H,15,16). The predicted molar refractivity (Wildman–Crippen MR) is 74.1 cm³/mol. The summed E-state index contributed by atoms with van der Waals surface area (Å²) in [6.07, 6.45) is 2.06. The van der Waals surface area contributed by atoms with Gasteiger partial charge in [0.1, 0.15) is 0 Å². The van der Waals surface area contributed by atoms with Crippen molar-refractivity contribution < 1.29 is 9.90 Å². The monoisotopic (exact) mass is 254 g/mol. The second kappa shape index (κ2) is 5.82. The molecule has 1 rings (SSSR count). The molecule has 5 heteroatoms. The van der Waals surface area contributed by atoms with Crippen LogP contribution in [-0.4, -0.2) is 36.2 Å². The van der Waals surface area contributed by atoms with Crippen molar-refractivity contribution in [2.75, 3.05) is 29.7 Å². The summed E-state index contributed by atoms with van der Waals surface area (Å²) in [5.74, 6) is 0.0192. The summed E-state index contributed by atoms with van der Waals surface area (Å²) < 4.78 is 0. The predicted octanol–water partition coefficient (Wildman–Crippen LogP) is 2.15. The minimum Gasteiger partial charge on any atom is -0.478 e. The molecule has 4 nitrogen and oxygen atoms in total. The van der Waals surface area contributed by atoms with Gasteiger partial charge in [0.15, 0.2) is 0 Å². The summed E-state index contributed by atoms with van der Waals surface area (Å²) in [4.78, 5) is 12.9. The molecule has 0 amide bonds. The highest BCUT2D eigenvalue weighted by atomic mass is 32.2. The van der Waals surface area contributed by atoms with Crippen LogP contribution in [0.1, 0.15) is 17.3 Å². The van der Waals surface area contributed by atoms with Gasteiger partial charge in [0.2, 0.25) is 0 Å². The van der Waals surface area contributed by atoms with Crippen molar-refractivity contribution in [2.24, 2.45) is 0 Å². The molecule has 1 aromatic rings. The first-order chi connectivity index (χ1) is 7.97. The van der Waals surface area contributed by atoms with Crippen LogP contribution in [0.15, 0.2) is 18.2 Å². The van der Waals surface area contributed by atoms with Crippen LogP contribution >= 0.6 is 11.8 Å². The zero-order valence-corrected chi connectivity index (χ0v) is 11.1. The summed E-state index contributed by atoms with van der Waals surface area (Å²) in [6, 6.07) is 5.42. The number of hydrogen-bond acceptors (Lipinski definition) is 4. The first-order valence-electron chi connectivity index (χ1n) is 5.32. The quantitative estimate of drug-likeness (QED) is 0.788. The van der Waals surface area contributed by atoms with Gasteiger partial charge >= 0.3 is 5.97 Å². The SMILES string of the molecule is CSCC(C)N(C)c1ccc(C(=O)O)c(N)c1. The third-order valence-electron chi connectivity index (χ3n) is 2.74. The Bertz CT molecular complexity index is 409. The molecule has 17 heavy (non-hydrogen) atoms. The van der Waals surface area contributed by atoms with E-state index in [2.05, 4.69) is 18.1 Å². The van der Waals surface area contributed by atoms with Crippen molar-refractivity contribution in [1.29, 1.82) is 0 Å². The molecular formula is C12H18N2O2S. The highest BCUT2D eigenvalue weighted by molar-refractivity contribution is 7.98. The van der Waals surface area contributed by atoms with E-state index in [9.17, 15) is 4.79 Å². The molecule has 0 aromatic heterocycles. The Morgan fingerprint density at radius 2 is 2.24 bits per heavy atom. The molecule has 0 aliphatic carbocycles. The topological polar surface area (TPSA) is 66.6 Å². The minimum atomic E-state index is -0.992. The fourth-order valence-electron chi connectivity index (χ4n) is 1.57. The van der Waals surface area contributed by atoms with Gasteiger partial charge in [-0.3, -0.25) is 0 Å². The van der Waals surface area contributed by atoms with Gasteiger partial charge in [-0.15, -0.1) is 0 Å². The molecule has 0 saturated heterocycles. The number of nitrogens with zero attached hydrogens (tertiary/aromatic N) is 1. The number of thioether (sulfide) groups is 1. The van der Waals surface area contributed by atoms with E-state index in [1.165, 1.54) is 0 Å². The van der Waals surface area contributed by atoms with Gasteiger partial charge in [-0.25, -0.2) is 4.79 Å². The highest BCUT2D eigenvalue weighted by Crippen LogP contribution is 2.22. The van der Waals surface area contributed by atoms with Gasteiger partial charge in [-0.2, -0.15) is 11.8 Å². The summed E-state index contributed by atoms with van der Waals surface area (Å²) in [6.45, 7) is 2.12. The van der Waals surface area contributed by atoms with Crippen molar-refractivity contribution in [2.45, 2.75) is 13.0 Å². The Hall–Kier alpha value is -1.36. The minimum absolute atomic E-state index is 0.152. The van der Waals surface area contributed by atoms with Gasteiger partial charge in [0.05, 0.1) is 5.56 Å². The van der Waals surface area contributed by atoms with E-state index < -0.39 is 5.97 Å². The number of hydrogen-bond donors (Lipinski definition) is 2. The first-order valence-corrected chi connectivity index (χ1v) is 6.71. The third-order valence-corrected chi connectivity index (χ3v) is 3.56. The van der Waals surface area contributed by atoms with Gasteiger partial charge in [-0.05, 0) is 31.4 Å². The van der Waals surface area contributed by atoms with E-state index in [1.807, 2.05) is 7.05 Å². The van der Waals surface area contributed by atoms with Crippen LogP contribution < -0.4 is 10.6 Å². The molecule has 0 bridgehead atoms. The Kier molecular flexibility index (Phi) is 4.69. The average Bonchev–Trinajstić information content (AvgIpc) is 2.27. The summed E-state index contributed by atoms with van der Waals surface area (Å²) in [7, 11) is 1.98. The van der Waals surface area contributed by atoms with Gasteiger partial charge in [-0.1, -0.05) is 0 Å². The van der Waals surface area contributed by atoms with Crippen LogP contribution in [0.2, 0.25) is 0 Å². The van der Waals surface area contributed by atoms with Crippen molar-refractivity contribution in [1.82, 2.24) is 0 Å². The molecule has 0 aliphatic heterocycles. The van der Waals surface area contributed by atoms with Crippen molar-refractivity contribution in [3.63, 3.8) is 0 Å². The lowest BCUT2D eigenvalue weighted by Gasteiger charge is -2.26. The van der Waals surface area contributed by atoms with E-state index in [-0.39, 0.29) is 5.56 Å². The summed E-state index contributed by atoms with van der Waals surface area (Å²) >= 11 is 1.78. The van der Waals surface area contributed by atoms with Gasteiger partial charge in [0.25, 0.3) is 0 Å². The molecule has 94 valence electrons. The third kappa shape index (κ3) is 3.30. The first kappa shape index (κ1) is 13.7. The summed E-state index contributed by atoms with van der Waals surface area (Å²) in [5.41, 5.74) is 7.12. The van der Waals surface area contributed by atoms with E-state index in [0.717, 1.165) is 11.4 Å². The Morgan fingerprint density at radius 1 is 1.59 bits per heavy atom. The van der Waals surface area contributed by atoms with Gasteiger partial charge < -0.3 is 15.7 Å². The largest absolute Gasteiger partial charge is 0.478 e. The number of anilines is 2. The average molecular weight is 254 g/mol. The van der Waals surface area contributed by atoms with Crippen LogP contribution in [-0.2, 0) is 0 Å². The van der Waals surface area contributed by atoms with E-state index in [1.54, 1.807) is 30.0 Å². The van der Waals surface area contributed by atoms with Crippen molar-refractivity contribution >= 4 is 29.1 Å². The normalized spacial score (nSPS) is 12.2. The fourth-order valence-corrected chi connectivity index (χ4v) is 2.28. The van der Waals surface area contributed by atoms with Crippen LogP contribution in [0.5, 0.6) is 0 Å². The lowest BCUT2D eigenvalue weighted by Crippen LogP contribution is -2.30. The molecular weight excluding hydrogens is 236 g/mol. The molecule has 0 heterocycles. The number of carboxylic acid groups (broad SMARTS) is 1. The Labute approximate surface area is 106 Å². The molecule has 0 aliphatic rings. The molecule has 1 aromatic carbocycles. The maximum Gasteiger partial charge on any atom is 0.337 e. The molecule has 0 saturated carbocycles. The fraction of sp³-hybridized carbons (Fsp3) is 0.417. The number of rotatable bonds is 5. The zero-order valence-electron chi connectivity index (χ0n) is 10.3. The number of nitrogens with two attached hydrogens (primary N) is 1. The number of carbonyl (C=O) groups is 1. The zero-order chi connectivity index (χ0) is 13.0. The molecule has 1 atom stereocenters. The Balaban J connectivity index is 2.93. The summed E-state index contributed by atoms with van der Waals surface area (Å²) in [5, 5.41) is 8.89. The van der Waals surface area contributed by atoms with Crippen molar-refractivity contribution in [3.05, 3.63) is 23.8 Å². The highest BCUT2D eigenvalue weighted by Gasteiger charge is 2.13. The van der Waals surface area contributed by atoms with Crippen LogP contribution in [0.3, 0.4) is 0 Å². The van der Waals surface area contributed by atoms with Crippen LogP contribution in [0.25, 0.3) is 0 Å². The smallest absolute Gasteiger partial charge is 0.337 e.